The summed E-state index contributed by atoms with van der Waals surface area (Å²) >= 11 is 5.79. The Balaban J connectivity index is 2.02. The summed E-state index contributed by atoms with van der Waals surface area (Å²) in [6, 6.07) is 7.80. The monoisotopic (exact) mass is 407 g/mol. The molecule has 3 amide bonds. The van der Waals surface area contributed by atoms with Gasteiger partial charge in [-0.15, -0.1) is 0 Å². The van der Waals surface area contributed by atoms with E-state index in [0.29, 0.717) is 0 Å². The quantitative estimate of drug-likeness (QED) is 0.571. The van der Waals surface area contributed by atoms with Crippen LogP contribution in [0.3, 0.4) is 0 Å². The van der Waals surface area contributed by atoms with Gasteiger partial charge in [-0.3, -0.25) is 25.2 Å². The van der Waals surface area contributed by atoms with E-state index in [9.17, 15) is 23.9 Å². The Kier molecular flexibility index (Phi) is 6.94. The normalized spacial score (nSPS) is 11.6. The predicted octanol–water partition coefficient (Wildman–Crippen LogP) is 2.40. The molecular weight excluding hydrogens is 389 g/mol. The van der Waals surface area contributed by atoms with E-state index in [1.807, 2.05) is 0 Å². The summed E-state index contributed by atoms with van der Waals surface area (Å²) in [6.45, 7) is 3.42. The maximum atomic E-state index is 13.0. The van der Waals surface area contributed by atoms with Gasteiger partial charge >= 0.3 is 0 Å². The Morgan fingerprint density at radius 3 is 2.25 bits per heavy atom. The van der Waals surface area contributed by atoms with E-state index >= 15 is 0 Å². The number of benzene rings is 2. The third kappa shape index (κ3) is 5.43. The Labute approximate surface area is 165 Å². The minimum absolute atomic E-state index is 0.121. The van der Waals surface area contributed by atoms with Crippen molar-refractivity contribution in [3.05, 3.63) is 64.4 Å². The first-order chi connectivity index (χ1) is 13.2. The standard InChI is InChI=1S/C19H19ClFN3O4/c1-10(2)16(22-17(26)11-3-6-13(21)7-4-11)19(28)24-23-18(27)14-9-12(20)5-8-15(14)25/h3-10,16,25H,1-2H3,(H,22,26)(H,23,27)(H,24,28)/t16-/m0/s1. The largest absolute Gasteiger partial charge is 0.507 e. The first-order valence-electron chi connectivity index (χ1n) is 8.34. The van der Waals surface area contributed by atoms with Gasteiger partial charge in [-0.25, -0.2) is 4.39 Å². The molecule has 0 aliphatic heterocycles. The molecule has 2 aromatic rings. The molecule has 2 rings (SSSR count). The lowest BCUT2D eigenvalue weighted by molar-refractivity contribution is -0.124. The van der Waals surface area contributed by atoms with Crippen LogP contribution >= 0.6 is 11.6 Å². The molecule has 0 fully saturated rings. The summed E-state index contributed by atoms with van der Waals surface area (Å²) in [5.74, 6) is -3.10. The lowest BCUT2D eigenvalue weighted by Crippen LogP contribution is -2.54. The molecule has 0 unspecified atom stereocenters. The van der Waals surface area contributed by atoms with Gasteiger partial charge in [0.1, 0.15) is 17.6 Å². The van der Waals surface area contributed by atoms with Gasteiger partial charge in [0.15, 0.2) is 0 Å². The number of nitrogens with one attached hydrogen (secondary N) is 3. The zero-order chi connectivity index (χ0) is 20.8. The fourth-order valence-corrected chi connectivity index (χ4v) is 2.49. The van der Waals surface area contributed by atoms with Crippen molar-refractivity contribution in [1.29, 1.82) is 0 Å². The molecule has 0 aliphatic carbocycles. The molecule has 7 nitrogen and oxygen atoms in total. The molecule has 0 aliphatic rings. The summed E-state index contributed by atoms with van der Waals surface area (Å²) in [7, 11) is 0. The van der Waals surface area contributed by atoms with Crippen LogP contribution in [-0.2, 0) is 4.79 Å². The van der Waals surface area contributed by atoms with Crippen LogP contribution < -0.4 is 16.2 Å². The third-order valence-electron chi connectivity index (χ3n) is 3.84. The molecule has 4 N–H and O–H groups in total. The van der Waals surface area contributed by atoms with E-state index in [0.717, 1.165) is 12.1 Å². The number of hydrogen-bond acceptors (Lipinski definition) is 4. The lowest BCUT2D eigenvalue weighted by Gasteiger charge is -2.22. The van der Waals surface area contributed by atoms with Crippen LogP contribution in [0.15, 0.2) is 42.5 Å². The van der Waals surface area contributed by atoms with Gasteiger partial charge < -0.3 is 10.4 Å². The van der Waals surface area contributed by atoms with Crippen LogP contribution in [0.2, 0.25) is 5.02 Å². The van der Waals surface area contributed by atoms with Crippen molar-refractivity contribution < 1.29 is 23.9 Å². The highest BCUT2D eigenvalue weighted by molar-refractivity contribution is 6.31. The molecule has 0 spiro atoms. The first kappa shape index (κ1) is 21.2. The Morgan fingerprint density at radius 1 is 1.00 bits per heavy atom. The fraction of sp³-hybridized carbons (Fsp3) is 0.211. The van der Waals surface area contributed by atoms with Gasteiger partial charge in [-0.1, -0.05) is 25.4 Å². The number of amides is 3. The van der Waals surface area contributed by atoms with Gasteiger partial charge in [0, 0.05) is 10.6 Å². The number of hydrogen-bond donors (Lipinski definition) is 4. The summed E-state index contributed by atoms with van der Waals surface area (Å²) in [6.07, 6.45) is 0. The molecule has 0 saturated carbocycles. The van der Waals surface area contributed by atoms with Crippen LogP contribution in [0.1, 0.15) is 34.6 Å². The highest BCUT2D eigenvalue weighted by Gasteiger charge is 2.25. The SMILES string of the molecule is CC(C)[C@H](NC(=O)c1ccc(F)cc1)C(=O)NNC(=O)c1cc(Cl)ccc1O. The Morgan fingerprint density at radius 2 is 1.64 bits per heavy atom. The average molecular weight is 408 g/mol. The highest BCUT2D eigenvalue weighted by Crippen LogP contribution is 2.21. The highest BCUT2D eigenvalue weighted by atomic mass is 35.5. The zero-order valence-electron chi connectivity index (χ0n) is 15.1. The molecule has 9 heteroatoms. The van der Waals surface area contributed by atoms with Gasteiger partial charge in [0.2, 0.25) is 0 Å². The maximum absolute atomic E-state index is 13.0. The second-order valence-electron chi connectivity index (χ2n) is 6.31. The summed E-state index contributed by atoms with van der Waals surface area (Å²) in [5, 5.41) is 12.5. The van der Waals surface area contributed by atoms with Crippen molar-refractivity contribution in [2.75, 3.05) is 0 Å². The van der Waals surface area contributed by atoms with E-state index in [1.165, 1.54) is 30.3 Å². The number of hydrazine groups is 1. The van der Waals surface area contributed by atoms with E-state index in [4.69, 9.17) is 11.6 Å². The fourth-order valence-electron chi connectivity index (χ4n) is 2.31. The molecule has 0 bridgehead atoms. The number of phenols is 1. The number of halogens is 2. The number of carbonyl (C=O) groups excluding carboxylic acids is 3. The van der Waals surface area contributed by atoms with Crippen LogP contribution in [0.4, 0.5) is 4.39 Å². The van der Waals surface area contributed by atoms with Crippen LogP contribution in [0, 0.1) is 11.7 Å². The van der Waals surface area contributed by atoms with Crippen molar-refractivity contribution in [2.45, 2.75) is 19.9 Å². The zero-order valence-corrected chi connectivity index (χ0v) is 15.9. The van der Waals surface area contributed by atoms with E-state index in [1.54, 1.807) is 13.8 Å². The second kappa shape index (κ2) is 9.18. The first-order valence-corrected chi connectivity index (χ1v) is 8.72. The van der Waals surface area contributed by atoms with E-state index in [2.05, 4.69) is 16.2 Å². The molecule has 0 heterocycles. The van der Waals surface area contributed by atoms with Gasteiger partial charge in [0.25, 0.3) is 17.7 Å². The average Bonchev–Trinajstić information content (AvgIpc) is 2.65. The molecule has 28 heavy (non-hydrogen) atoms. The molecule has 2 aromatic carbocycles. The minimum Gasteiger partial charge on any atom is -0.507 e. The van der Waals surface area contributed by atoms with Crippen LogP contribution in [0.25, 0.3) is 0 Å². The lowest BCUT2D eigenvalue weighted by atomic mass is 10.0. The third-order valence-corrected chi connectivity index (χ3v) is 4.08. The van der Waals surface area contributed by atoms with Crippen LogP contribution in [0.5, 0.6) is 5.75 Å². The van der Waals surface area contributed by atoms with Gasteiger partial charge in [0.05, 0.1) is 5.56 Å². The molecular formula is C19H19ClFN3O4. The number of rotatable bonds is 5. The molecule has 1 atom stereocenters. The van der Waals surface area contributed by atoms with Crippen molar-refractivity contribution in [3.8, 4) is 5.75 Å². The molecule has 148 valence electrons. The number of phenolic OH excluding ortho intramolecular Hbond substituents is 1. The molecule has 0 radical (unpaired) electrons. The van der Waals surface area contributed by atoms with Crippen molar-refractivity contribution in [3.63, 3.8) is 0 Å². The number of carbonyl (C=O) groups is 3. The predicted molar refractivity (Wildman–Crippen MR) is 101 cm³/mol. The van der Waals surface area contributed by atoms with Crippen molar-refractivity contribution in [1.82, 2.24) is 16.2 Å². The number of aromatic hydroxyl groups is 1. The van der Waals surface area contributed by atoms with E-state index in [-0.39, 0.29) is 27.8 Å². The Bertz CT molecular complexity index is 887. The molecule has 0 aromatic heterocycles. The topological polar surface area (TPSA) is 108 Å². The van der Waals surface area contributed by atoms with Crippen LogP contribution in [-0.4, -0.2) is 28.9 Å². The van der Waals surface area contributed by atoms with Crippen molar-refractivity contribution in [2.24, 2.45) is 5.92 Å². The van der Waals surface area contributed by atoms with Gasteiger partial charge in [-0.05, 0) is 48.4 Å². The smallest absolute Gasteiger partial charge is 0.273 e. The summed E-state index contributed by atoms with van der Waals surface area (Å²) < 4.78 is 13.0. The second-order valence-corrected chi connectivity index (χ2v) is 6.74. The Hall–Kier alpha value is -3.13. The maximum Gasteiger partial charge on any atom is 0.273 e. The summed E-state index contributed by atoms with van der Waals surface area (Å²) in [4.78, 5) is 36.8. The minimum atomic E-state index is -0.967. The van der Waals surface area contributed by atoms with Crippen molar-refractivity contribution >= 4 is 29.3 Å². The van der Waals surface area contributed by atoms with Gasteiger partial charge in [-0.2, -0.15) is 0 Å². The van der Waals surface area contributed by atoms with E-state index < -0.39 is 29.6 Å². The molecule has 0 saturated heterocycles. The summed E-state index contributed by atoms with van der Waals surface area (Å²) in [5.41, 5.74) is 4.44.